The third-order valence-corrected chi connectivity index (χ3v) is 3.76. The molecule has 0 heterocycles. The molecule has 0 bridgehead atoms. The number of benzene rings is 1. The molecule has 3 heteroatoms. The van der Waals surface area contributed by atoms with Crippen LogP contribution >= 0.6 is 0 Å². The van der Waals surface area contributed by atoms with Crippen molar-refractivity contribution in [3.63, 3.8) is 0 Å². The third-order valence-electron chi connectivity index (χ3n) is 3.76. The van der Waals surface area contributed by atoms with Gasteiger partial charge < -0.3 is 15.2 Å². The van der Waals surface area contributed by atoms with Crippen LogP contribution in [0.4, 0.5) is 0 Å². The molecule has 0 aliphatic heterocycles. The van der Waals surface area contributed by atoms with Crippen LogP contribution in [0.3, 0.4) is 0 Å². The Hall–Kier alpha value is -1.06. The van der Waals surface area contributed by atoms with E-state index < -0.39 is 5.54 Å². The number of aliphatic hydroxyl groups excluding tert-OH is 1. The SMILES string of the molecule is CCc1ccc(OCC(C)(CO)NC)c(C(C)(C)C)c1. The van der Waals surface area contributed by atoms with Crippen molar-refractivity contribution < 1.29 is 9.84 Å². The molecule has 0 aliphatic carbocycles. The second kappa shape index (κ2) is 6.59. The Morgan fingerprint density at radius 2 is 1.85 bits per heavy atom. The fourth-order valence-corrected chi connectivity index (χ4v) is 1.94. The van der Waals surface area contributed by atoms with Crippen molar-refractivity contribution >= 4 is 0 Å². The molecule has 2 N–H and O–H groups in total. The van der Waals surface area contributed by atoms with Gasteiger partial charge in [-0.05, 0) is 43.0 Å². The standard InChI is InChI=1S/C17H29NO2/c1-7-13-8-9-15(14(10-13)16(2,3)4)20-12-17(5,11-19)18-6/h8-10,18-19H,7,11-12H2,1-6H3. The summed E-state index contributed by atoms with van der Waals surface area (Å²) in [6.07, 6.45) is 1.02. The molecule has 0 saturated carbocycles. The Morgan fingerprint density at radius 3 is 2.30 bits per heavy atom. The van der Waals surface area contributed by atoms with Gasteiger partial charge in [-0.2, -0.15) is 0 Å². The summed E-state index contributed by atoms with van der Waals surface area (Å²) in [4.78, 5) is 0. The van der Waals surface area contributed by atoms with Gasteiger partial charge in [0.2, 0.25) is 0 Å². The Kier molecular flexibility index (Phi) is 5.60. The van der Waals surface area contributed by atoms with Crippen LogP contribution in [0, 0.1) is 0 Å². The molecule has 1 atom stereocenters. The minimum atomic E-state index is -0.418. The van der Waals surface area contributed by atoms with Crippen LogP contribution in [0.25, 0.3) is 0 Å². The highest BCUT2D eigenvalue weighted by atomic mass is 16.5. The predicted molar refractivity (Wildman–Crippen MR) is 84.6 cm³/mol. The van der Waals surface area contributed by atoms with Crippen LogP contribution in [0.1, 0.15) is 45.7 Å². The van der Waals surface area contributed by atoms with Crippen LogP contribution in [-0.2, 0) is 11.8 Å². The van der Waals surface area contributed by atoms with Crippen molar-refractivity contribution in [2.24, 2.45) is 0 Å². The number of ether oxygens (including phenoxy) is 1. The van der Waals surface area contributed by atoms with E-state index >= 15 is 0 Å². The van der Waals surface area contributed by atoms with Crippen LogP contribution in [0.2, 0.25) is 0 Å². The number of rotatable bonds is 6. The van der Waals surface area contributed by atoms with Crippen molar-refractivity contribution in [1.82, 2.24) is 5.32 Å². The quantitative estimate of drug-likeness (QED) is 0.841. The molecule has 1 unspecified atom stereocenters. The average Bonchev–Trinajstić information content (AvgIpc) is 2.43. The number of hydrogen-bond donors (Lipinski definition) is 2. The first kappa shape index (κ1) is 17.0. The molecule has 114 valence electrons. The summed E-state index contributed by atoms with van der Waals surface area (Å²) in [5.74, 6) is 0.907. The van der Waals surface area contributed by atoms with E-state index in [1.54, 1.807) is 0 Å². The van der Waals surface area contributed by atoms with Gasteiger partial charge >= 0.3 is 0 Å². The summed E-state index contributed by atoms with van der Waals surface area (Å²) in [7, 11) is 1.84. The Balaban J connectivity index is 3.00. The lowest BCUT2D eigenvalue weighted by Crippen LogP contribution is -2.48. The molecule has 3 nitrogen and oxygen atoms in total. The molecule has 0 saturated heterocycles. The number of hydrogen-bond acceptors (Lipinski definition) is 3. The summed E-state index contributed by atoms with van der Waals surface area (Å²) < 4.78 is 5.99. The number of aliphatic hydroxyl groups is 1. The fourth-order valence-electron chi connectivity index (χ4n) is 1.94. The molecule has 1 rings (SSSR count). The summed E-state index contributed by atoms with van der Waals surface area (Å²) in [5.41, 5.74) is 2.16. The highest BCUT2D eigenvalue weighted by molar-refractivity contribution is 5.41. The zero-order valence-electron chi connectivity index (χ0n) is 13.7. The van der Waals surface area contributed by atoms with Crippen molar-refractivity contribution in [2.75, 3.05) is 20.3 Å². The van der Waals surface area contributed by atoms with Crippen LogP contribution < -0.4 is 10.1 Å². The minimum absolute atomic E-state index is 0.0375. The Bertz CT molecular complexity index is 431. The molecule has 20 heavy (non-hydrogen) atoms. The van der Waals surface area contributed by atoms with Crippen LogP contribution in [-0.4, -0.2) is 30.9 Å². The summed E-state index contributed by atoms with van der Waals surface area (Å²) in [5, 5.41) is 12.5. The van der Waals surface area contributed by atoms with Gasteiger partial charge in [0.1, 0.15) is 12.4 Å². The molecule has 0 aliphatic rings. The van der Waals surface area contributed by atoms with Gasteiger partial charge in [0.15, 0.2) is 0 Å². The number of aryl methyl sites for hydroxylation is 1. The van der Waals surface area contributed by atoms with Gasteiger partial charge in [-0.25, -0.2) is 0 Å². The van der Waals surface area contributed by atoms with Gasteiger partial charge in [0, 0.05) is 0 Å². The highest BCUT2D eigenvalue weighted by Gasteiger charge is 2.24. The van der Waals surface area contributed by atoms with E-state index in [0.717, 1.165) is 12.2 Å². The summed E-state index contributed by atoms with van der Waals surface area (Å²) in [6.45, 7) is 11.2. The third kappa shape index (κ3) is 4.22. The Labute approximate surface area is 123 Å². The van der Waals surface area contributed by atoms with Crippen molar-refractivity contribution in [3.8, 4) is 5.75 Å². The molecule has 0 radical (unpaired) electrons. The van der Waals surface area contributed by atoms with Gasteiger partial charge in [0.05, 0.1) is 12.1 Å². The van der Waals surface area contributed by atoms with Gasteiger partial charge in [-0.1, -0.05) is 39.8 Å². The lowest BCUT2D eigenvalue weighted by Gasteiger charge is -2.29. The topological polar surface area (TPSA) is 41.5 Å². The normalized spacial score (nSPS) is 14.9. The van der Waals surface area contributed by atoms with Crippen molar-refractivity contribution in [1.29, 1.82) is 0 Å². The van der Waals surface area contributed by atoms with E-state index in [2.05, 4.69) is 45.1 Å². The molecule has 1 aromatic carbocycles. The molecular weight excluding hydrogens is 250 g/mol. The first-order chi connectivity index (χ1) is 9.25. The van der Waals surface area contributed by atoms with Gasteiger partial charge in [-0.3, -0.25) is 0 Å². The van der Waals surface area contributed by atoms with Crippen LogP contribution in [0.15, 0.2) is 18.2 Å². The number of likely N-dealkylation sites (N-methyl/N-ethyl adjacent to an activating group) is 1. The number of nitrogens with one attached hydrogen (secondary N) is 1. The smallest absolute Gasteiger partial charge is 0.123 e. The van der Waals surface area contributed by atoms with E-state index in [0.29, 0.717) is 6.61 Å². The molecule has 0 fully saturated rings. The average molecular weight is 279 g/mol. The van der Waals surface area contributed by atoms with E-state index in [1.807, 2.05) is 20.0 Å². The molecule has 1 aromatic rings. The van der Waals surface area contributed by atoms with E-state index in [4.69, 9.17) is 4.74 Å². The zero-order chi connectivity index (χ0) is 15.4. The molecule has 0 aromatic heterocycles. The molecule has 0 amide bonds. The first-order valence-electron chi connectivity index (χ1n) is 7.31. The summed E-state index contributed by atoms with van der Waals surface area (Å²) in [6, 6.07) is 6.39. The highest BCUT2D eigenvalue weighted by Crippen LogP contribution is 2.32. The molecular formula is C17H29NO2. The second-order valence-electron chi connectivity index (χ2n) is 6.69. The minimum Gasteiger partial charge on any atom is -0.491 e. The van der Waals surface area contributed by atoms with E-state index in [-0.39, 0.29) is 12.0 Å². The second-order valence-corrected chi connectivity index (χ2v) is 6.69. The monoisotopic (exact) mass is 279 g/mol. The van der Waals surface area contributed by atoms with Gasteiger partial charge in [0.25, 0.3) is 0 Å². The van der Waals surface area contributed by atoms with Crippen LogP contribution in [0.5, 0.6) is 5.75 Å². The van der Waals surface area contributed by atoms with Gasteiger partial charge in [-0.15, -0.1) is 0 Å². The van der Waals surface area contributed by atoms with Crippen molar-refractivity contribution in [2.45, 2.75) is 52.0 Å². The maximum absolute atomic E-state index is 9.43. The summed E-state index contributed by atoms with van der Waals surface area (Å²) >= 11 is 0. The van der Waals surface area contributed by atoms with Crippen molar-refractivity contribution in [3.05, 3.63) is 29.3 Å². The first-order valence-corrected chi connectivity index (χ1v) is 7.31. The van der Waals surface area contributed by atoms with E-state index in [9.17, 15) is 5.11 Å². The van der Waals surface area contributed by atoms with E-state index in [1.165, 1.54) is 11.1 Å². The molecule has 0 spiro atoms. The lowest BCUT2D eigenvalue weighted by atomic mass is 9.85. The maximum Gasteiger partial charge on any atom is 0.123 e. The lowest BCUT2D eigenvalue weighted by molar-refractivity contribution is 0.121. The Morgan fingerprint density at radius 1 is 1.20 bits per heavy atom. The zero-order valence-corrected chi connectivity index (χ0v) is 13.7. The fraction of sp³-hybridized carbons (Fsp3) is 0.647. The predicted octanol–water partition coefficient (Wildman–Crippen LogP) is 2.90. The maximum atomic E-state index is 9.43. The largest absolute Gasteiger partial charge is 0.491 e.